The lowest BCUT2D eigenvalue weighted by atomic mass is 10.0. The number of hydrogen-bond donors (Lipinski definition) is 1. The first-order valence-electron chi connectivity index (χ1n) is 11.4. The molecular formula is C27H25N3O3S. The monoisotopic (exact) mass is 471 g/mol. The Balaban J connectivity index is 1.34. The van der Waals surface area contributed by atoms with E-state index in [2.05, 4.69) is 5.32 Å². The molecule has 6 nitrogen and oxygen atoms in total. The SMILES string of the molecule is O=C1NC(CCc2ccccc2)C(=O)N1CC(=O)N1c2ccccc2SCC1c1ccccc1. The average molecular weight is 472 g/mol. The molecule has 0 radical (unpaired) electrons. The van der Waals surface area contributed by atoms with Crippen molar-refractivity contribution in [2.75, 3.05) is 17.2 Å². The van der Waals surface area contributed by atoms with Gasteiger partial charge in [-0.2, -0.15) is 0 Å². The molecule has 172 valence electrons. The van der Waals surface area contributed by atoms with Gasteiger partial charge >= 0.3 is 6.03 Å². The Morgan fingerprint density at radius 3 is 2.35 bits per heavy atom. The van der Waals surface area contributed by atoms with Crippen molar-refractivity contribution in [2.24, 2.45) is 0 Å². The van der Waals surface area contributed by atoms with Gasteiger partial charge in [0.15, 0.2) is 0 Å². The molecule has 3 aromatic rings. The van der Waals surface area contributed by atoms with E-state index in [9.17, 15) is 14.4 Å². The van der Waals surface area contributed by atoms with Crippen LogP contribution in [0.5, 0.6) is 0 Å². The van der Waals surface area contributed by atoms with E-state index >= 15 is 0 Å². The second kappa shape index (κ2) is 9.73. The number of urea groups is 1. The van der Waals surface area contributed by atoms with E-state index < -0.39 is 12.1 Å². The van der Waals surface area contributed by atoms with Crippen molar-refractivity contribution < 1.29 is 14.4 Å². The van der Waals surface area contributed by atoms with E-state index in [4.69, 9.17) is 0 Å². The first-order chi connectivity index (χ1) is 16.6. The zero-order chi connectivity index (χ0) is 23.5. The van der Waals surface area contributed by atoms with Crippen molar-refractivity contribution in [3.8, 4) is 0 Å². The number of carbonyl (C=O) groups excluding carboxylic acids is 3. The van der Waals surface area contributed by atoms with Crippen molar-refractivity contribution in [1.29, 1.82) is 0 Å². The number of nitrogens with one attached hydrogen (secondary N) is 1. The number of fused-ring (bicyclic) bond motifs is 1. The van der Waals surface area contributed by atoms with Crippen molar-refractivity contribution in [1.82, 2.24) is 10.2 Å². The molecule has 5 rings (SSSR count). The maximum absolute atomic E-state index is 13.6. The molecule has 7 heteroatoms. The van der Waals surface area contributed by atoms with Gasteiger partial charge in [-0.3, -0.25) is 14.5 Å². The molecule has 3 aromatic carbocycles. The van der Waals surface area contributed by atoms with Gasteiger partial charge in [-0.05, 0) is 36.1 Å². The van der Waals surface area contributed by atoms with Gasteiger partial charge in [-0.1, -0.05) is 72.8 Å². The minimum Gasteiger partial charge on any atom is -0.326 e. The highest BCUT2D eigenvalue weighted by molar-refractivity contribution is 7.99. The van der Waals surface area contributed by atoms with Crippen molar-refractivity contribution in [2.45, 2.75) is 29.8 Å². The summed E-state index contributed by atoms with van der Waals surface area (Å²) in [4.78, 5) is 43.1. The van der Waals surface area contributed by atoms with Gasteiger partial charge in [0, 0.05) is 10.6 Å². The summed E-state index contributed by atoms with van der Waals surface area (Å²) in [5, 5.41) is 2.76. The van der Waals surface area contributed by atoms with Crippen molar-refractivity contribution >= 4 is 35.3 Å². The lowest BCUT2D eigenvalue weighted by molar-refractivity contribution is -0.131. The number of imide groups is 1. The fourth-order valence-corrected chi connectivity index (χ4v) is 5.68. The normalized spacial score (nSPS) is 19.6. The summed E-state index contributed by atoms with van der Waals surface area (Å²) in [6.07, 6.45) is 1.17. The second-order valence-corrected chi connectivity index (χ2v) is 9.48. The summed E-state index contributed by atoms with van der Waals surface area (Å²) in [6, 6.07) is 26.2. The number of carbonyl (C=O) groups is 3. The number of anilines is 1. The molecule has 2 unspecified atom stereocenters. The van der Waals surface area contributed by atoms with Crippen LogP contribution in [0.3, 0.4) is 0 Å². The largest absolute Gasteiger partial charge is 0.326 e. The molecule has 0 bridgehead atoms. The van der Waals surface area contributed by atoms with E-state index in [-0.39, 0.29) is 24.4 Å². The van der Waals surface area contributed by atoms with Gasteiger partial charge in [-0.15, -0.1) is 11.8 Å². The van der Waals surface area contributed by atoms with E-state index in [1.807, 2.05) is 84.9 Å². The molecule has 2 heterocycles. The molecule has 0 aliphatic carbocycles. The molecule has 0 aromatic heterocycles. The minimum atomic E-state index is -0.616. The summed E-state index contributed by atoms with van der Waals surface area (Å²) < 4.78 is 0. The fraction of sp³-hybridized carbons (Fsp3) is 0.222. The molecule has 0 spiro atoms. The molecule has 1 saturated heterocycles. The molecule has 0 saturated carbocycles. The molecule has 1 N–H and O–H groups in total. The summed E-state index contributed by atoms with van der Waals surface area (Å²) in [7, 11) is 0. The predicted molar refractivity (Wildman–Crippen MR) is 133 cm³/mol. The Kier molecular flexibility index (Phi) is 6.36. The van der Waals surface area contributed by atoms with Crippen LogP contribution in [0.25, 0.3) is 0 Å². The number of nitrogens with zero attached hydrogens (tertiary/aromatic N) is 2. The Hall–Kier alpha value is -3.58. The van der Waals surface area contributed by atoms with Gasteiger partial charge in [0.1, 0.15) is 12.6 Å². The number of para-hydroxylation sites is 1. The van der Waals surface area contributed by atoms with E-state index in [1.54, 1.807) is 16.7 Å². The van der Waals surface area contributed by atoms with E-state index in [0.29, 0.717) is 18.6 Å². The fourth-order valence-electron chi connectivity index (χ4n) is 4.51. The zero-order valence-electron chi connectivity index (χ0n) is 18.6. The average Bonchev–Trinajstić information content (AvgIpc) is 3.15. The van der Waals surface area contributed by atoms with Crippen LogP contribution in [0.1, 0.15) is 23.6 Å². The smallest absolute Gasteiger partial charge is 0.325 e. The van der Waals surface area contributed by atoms with Gasteiger partial charge in [0.2, 0.25) is 5.91 Å². The van der Waals surface area contributed by atoms with E-state index in [1.165, 1.54) is 0 Å². The lowest BCUT2D eigenvalue weighted by Crippen LogP contribution is -2.46. The van der Waals surface area contributed by atoms with Crippen LogP contribution in [0, 0.1) is 0 Å². The maximum Gasteiger partial charge on any atom is 0.325 e. The standard InChI is InChI=1S/C27H25N3O3S/c31-25(17-29-26(32)21(28-27(29)33)16-15-19-9-3-1-4-10-19)30-22-13-7-8-14-24(22)34-18-23(30)20-11-5-2-6-12-20/h1-14,21,23H,15-18H2,(H,28,33). The molecule has 4 amide bonds. The van der Waals surface area contributed by atoms with Crippen LogP contribution in [-0.2, 0) is 16.0 Å². The highest BCUT2D eigenvalue weighted by Crippen LogP contribution is 2.43. The van der Waals surface area contributed by atoms with Crippen LogP contribution in [0.4, 0.5) is 10.5 Å². The number of amides is 4. The third-order valence-corrected chi connectivity index (χ3v) is 7.39. The molecule has 34 heavy (non-hydrogen) atoms. The molecule has 1 fully saturated rings. The first-order valence-corrected chi connectivity index (χ1v) is 12.3. The highest BCUT2D eigenvalue weighted by atomic mass is 32.2. The van der Waals surface area contributed by atoms with Crippen LogP contribution in [0.2, 0.25) is 0 Å². The number of rotatable bonds is 6. The quantitative estimate of drug-likeness (QED) is 0.541. The Morgan fingerprint density at radius 1 is 0.912 bits per heavy atom. The Labute approximate surface area is 202 Å². The minimum absolute atomic E-state index is 0.178. The third kappa shape index (κ3) is 4.43. The highest BCUT2D eigenvalue weighted by Gasteiger charge is 2.41. The van der Waals surface area contributed by atoms with Crippen LogP contribution in [-0.4, -0.2) is 41.1 Å². The van der Waals surface area contributed by atoms with Crippen LogP contribution >= 0.6 is 11.8 Å². The molecule has 2 aliphatic heterocycles. The molecule has 2 atom stereocenters. The molecule has 2 aliphatic rings. The van der Waals surface area contributed by atoms with Crippen LogP contribution in [0.15, 0.2) is 89.8 Å². The van der Waals surface area contributed by atoms with Gasteiger partial charge in [0.05, 0.1) is 11.7 Å². The zero-order valence-corrected chi connectivity index (χ0v) is 19.4. The van der Waals surface area contributed by atoms with Gasteiger partial charge < -0.3 is 10.2 Å². The third-order valence-electron chi connectivity index (χ3n) is 6.25. The number of thioether (sulfide) groups is 1. The maximum atomic E-state index is 13.6. The first kappa shape index (κ1) is 22.2. The lowest BCUT2D eigenvalue weighted by Gasteiger charge is -2.37. The van der Waals surface area contributed by atoms with E-state index in [0.717, 1.165) is 26.6 Å². The van der Waals surface area contributed by atoms with Gasteiger partial charge in [0.25, 0.3) is 5.91 Å². The Bertz CT molecular complexity index is 1200. The Morgan fingerprint density at radius 2 is 1.59 bits per heavy atom. The molecular weight excluding hydrogens is 446 g/mol. The second-order valence-electron chi connectivity index (χ2n) is 8.42. The summed E-state index contributed by atoms with van der Waals surface area (Å²) in [6.45, 7) is -0.283. The topological polar surface area (TPSA) is 69.7 Å². The van der Waals surface area contributed by atoms with Crippen molar-refractivity contribution in [3.05, 3.63) is 96.1 Å². The summed E-state index contributed by atoms with van der Waals surface area (Å²) in [5.41, 5.74) is 2.94. The predicted octanol–water partition coefficient (Wildman–Crippen LogP) is 4.42. The number of hydrogen-bond acceptors (Lipinski definition) is 4. The summed E-state index contributed by atoms with van der Waals surface area (Å²) in [5.74, 6) is 0.0890. The van der Waals surface area contributed by atoms with Crippen LogP contribution < -0.4 is 10.2 Å². The van der Waals surface area contributed by atoms with Crippen molar-refractivity contribution in [3.63, 3.8) is 0 Å². The number of benzene rings is 3. The number of aryl methyl sites for hydroxylation is 1. The van der Waals surface area contributed by atoms with Gasteiger partial charge in [-0.25, -0.2) is 4.79 Å². The summed E-state index contributed by atoms with van der Waals surface area (Å²) >= 11 is 1.71.